The second-order valence-corrected chi connectivity index (χ2v) is 5.91. The molecule has 1 fully saturated rings. The number of aromatic amines is 1. The van der Waals surface area contributed by atoms with E-state index in [1.165, 1.54) is 24.3 Å². The highest BCUT2D eigenvalue weighted by atomic mass is 19.1. The van der Waals surface area contributed by atoms with Gasteiger partial charge in [0.25, 0.3) is 11.8 Å². The summed E-state index contributed by atoms with van der Waals surface area (Å²) >= 11 is 0. The smallest absolute Gasteiger partial charge is 0.269 e. The number of hydrogen-bond donors (Lipinski definition) is 2. The molecule has 3 rings (SSSR count). The number of ether oxygens (including phenoxy) is 1. The lowest BCUT2D eigenvalue weighted by Gasteiger charge is -2.35. The Labute approximate surface area is 144 Å². The van der Waals surface area contributed by atoms with Gasteiger partial charge in [-0.25, -0.2) is 4.39 Å². The fraction of sp³-hybridized carbons (Fsp3) is 0.353. The quantitative estimate of drug-likeness (QED) is 0.861. The van der Waals surface area contributed by atoms with Crippen molar-refractivity contribution in [3.63, 3.8) is 0 Å². The number of piperidine rings is 1. The lowest BCUT2D eigenvalue weighted by atomic mass is 9.99. The molecule has 25 heavy (non-hydrogen) atoms. The molecule has 0 aliphatic carbocycles. The molecular formula is C17H19FN4O3. The van der Waals surface area contributed by atoms with Gasteiger partial charge in [0.1, 0.15) is 17.3 Å². The predicted octanol–water partition coefficient (Wildman–Crippen LogP) is 1.78. The van der Waals surface area contributed by atoms with Crippen LogP contribution in [0.25, 0.3) is 0 Å². The molecule has 1 saturated heterocycles. The van der Waals surface area contributed by atoms with Crippen LogP contribution < -0.4 is 10.5 Å². The first-order valence-corrected chi connectivity index (χ1v) is 8.07. The van der Waals surface area contributed by atoms with E-state index in [0.29, 0.717) is 18.0 Å². The first-order valence-electron chi connectivity index (χ1n) is 8.07. The van der Waals surface area contributed by atoms with E-state index < -0.39 is 5.91 Å². The minimum Gasteiger partial charge on any atom is -0.484 e. The van der Waals surface area contributed by atoms with Gasteiger partial charge in [-0.15, -0.1) is 0 Å². The van der Waals surface area contributed by atoms with Crippen LogP contribution in [0.4, 0.5) is 4.39 Å². The van der Waals surface area contributed by atoms with Crippen LogP contribution >= 0.6 is 0 Å². The molecule has 1 unspecified atom stereocenters. The van der Waals surface area contributed by atoms with E-state index in [4.69, 9.17) is 10.5 Å². The second kappa shape index (κ2) is 7.33. The number of carbonyl (C=O) groups is 2. The Hall–Kier alpha value is -2.90. The number of aromatic nitrogens is 2. The number of nitrogens with two attached hydrogens (primary N) is 1. The standard InChI is InChI=1S/C17H19FN4O3/c18-11-4-6-12(7-5-11)25-10-16(23)22-8-2-1-3-15(22)13-9-14(17(19)24)21-20-13/h4-7,9,15H,1-3,8,10H2,(H2,19,24)(H,20,21). The minimum atomic E-state index is -0.615. The van der Waals surface area contributed by atoms with Crippen LogP contribution in [0.3, 0.4) is 0 Å². The fourth-order valence-electron chi connectivity index (χ4n) is 2.95. The second-order valence-electron chi connectivity index (χ2n) is 5.91. The SMILES string of the molecule is NC(=O)c1cc(C2CCCCN2C(=O)COc2ccc(F)cc2)[nH]n1. The lowest BCUT2D eigenvalue weighted by Crippen LogP contribution is -2.41. The van der Waals surface area contributed by atoms with Crippen molar-refractivity contribution < 1.29 is 18.7 Å². The maximum absolute atomic E-state index is 12.9. The van der Waals surface area contributed by atoms with Crippen LogP contribution in [0.15, 0.2) is 30.3 Å². The number of H-pyrrole nitrogens is 1. The number of nitrogens with one attached hydrogen (secondary N) is 1. The first-order chi connectivity index (χ1) is 12.0. The van der Waals surface area contributed by atoms with Gasteiger partial charge in [0.05, 0.1) is 11.7 Å². The van der Waals surface area contributed by atoms with Crippen molar-refractivity contribution in [1.82, 2.24) is 15.1 Å². The summed E-state index contributed by atoms with van der Waals surface area (Å²) in [5.74, 6) is -0.722. The summed E-state index contributed by atoms with van der Waals surface area (Å²) in [6.07, 6.45) is 2.64. The van der Waals surface area contributed by atoms with E-state index in [1.54, 1.807) is 11.0 Å². The third-order valence-corrected chi connectivity index (χ3v) is 4.21. The van der Waals surface area contributed by atoms with Crippen LogP contribution in [-0.4, -0.2) is 40.1 Å². The summed E-state index contributed by atoms with van der Waals surface area (Å²) in [6.45, 7) is 0.458. The van der Waals surface area contributed by atoms with E-state index in [2.05, 4.69) is 10.2 Å². The molecule has 3 N–H and O–H groups in total. The van der Waals surface area contributed by atoms with Crippen LogP contribution in [0.5, 0.6) is 5.75 Å². The average molecular weight is 346 g/mol. The normalized spacial score (nSPS) is 17.3. The summed E-state index contributed by atoms with van der Waals surface area (Å²) in [7, 11) is 0. The van der Waals surface area contributed by atoms with E-state index in [0.717, 1.165) is 19.3 Å². The predicted molar refractivity (Wildman–Crippen MR) is 87.3 cm³/mol. The van der Waals surface area contributed by atoms with Gasteiger partial charge in [0, 0.05) is 6.54 Å². The monoisotopic (exact) mass is 346 g/mol. The molecule has 2 aromatic rings. The zero-order valence-corrected chi connectivity index (χ0v) is 13.6. The molecule has 1 aromatic heterocycles. The van der Waals surface area contributed by atoms with E-state index in [-0.39, 0.29) is 30.1 Å². The van der Waals surface area contributed by atoms with E-state index >= 15 is 0 Å². The molecule has 0 saturated carbocycles. The Morgan fingerprint density at radius 2 is 2.08 bits per heavy atom. The van der Waals surface area contributed by atoms with Gasteiger partial charge < -0.3 is 15.4 Å². The average Bonchev–Trinajstić information content (AvgIpc) is 3.11. The number of nitrogens with zero attached hydrogens (tertiary/aromatic N) is 2. The molecular weight excluding hydrogens is 327 g/mol. The Kier molecular flexibility index (Phi) is 4.97. The van der Waals surface area contributed by atoms with Crippen molar-refractivity contribution in [2.45, 2.75) is 25.3 Å². The third kappa shape index (κ3) is 3.96. The number of amides is 2. The third-order valence-electron chi connectivity index (χ3n) is 4.21. The zero-order chi connectivity index (χ0) is 17.8. The lowest BCUT2D eigenvalue weighted by molar-refractivity contribution is -0.137. The topological polar surface area (TPSA) is 101 Å². The van der Waals surface area contributed by atoms with Crippen molar-refractivity contribution in [2.24, 2.45) is 5.73 Å². The Morgan fingerprint density at radius 3 is 2.76 bits per heavy atom. The largest absolute Gasteiger partial charge is 0.484 e. The van der Waals surface area contributed by atoms with E-state index in [9.17, 15) is 14.0 Å². The van der Waals surface area contributed by atoms with Gasteiger partial charge in [-0.2, -0.15) is 5.10 Å². The highest BCUT2D eigenvalue weighted by Crippen LogP contribution is 2.30. The number of benzene rings is 1. The maximum atomic E-state index is 12.9. The maximum Gasteiger partial charge on any atom is 0.269 e. The molecule has 7 nitrogen and oxygen atoms in total. The molecule has 1 atom stereocenters. The number of primary amides is 1. The molecule has 0 bridgehead atoms. The molecule has 2 amide bonds. The van der Waals surface area contributed by atoms with Crippen LogP contribution in [0.1, 0.15) is 41.5 Å². The number of likely N-dealkylation sites (tertiary alicyclic amines) is 1. The number of carbonyl (C=O) groups excluding carboxylic acids is 2. The highest BCUT2D eigenvalue weighted by Gasteiger charge is 2.29. The fourth-order valence-corrected chi connectivity index (χ4v) is 2.95. The Balaban J connectivity index is 1.67. The van der Waals surface area contributed by atoms with Crippen molar-refractivity contribution in [3.8, 4) is 5.75 Å². The Bertz CT molecular complexity index is 760. The number of hydrogen-bond acceptors (Lipinski definition) is 4. The molecule has 8 heteroatoms. The molecule has 1 aromatic carbocycles. The summed E-state index contributed by atoms with van der Waals surface area (Å²) in [5.41, 5.74) is 6.06. The Morgan fingerprint density at radius 1 is 1.32 bits per heavy atom. The van der Waals surface area contributed by atoms with Crippen LogP contribution in [0, 0.1) is 5.82 Å². The molecule has 1 aliphatic heterocycles. The summed E-state index contributed by atoms with van der Waals surface area (Å²) in [6, 6.07) is 6.89. The molecule has 1 aliphatic rings. The van der Waals surface area contributed by atoms with Gasteiger partial charge >= 0.3 is 0 Å². The van der Waals surface area contributed by atoms with Crippen molar-refractivity contribution >= 4 is 11.8 Å². The van der Waals surface area contributed by atoms with Crippen molar-refractivity contribution in [3.05, 3.63) is 47.5 Å². The highest BCUT2D eigenvalue weighted by molar-refractivity contribution is 5.90. The van der Waals surface area contributed by atoms with Gasteiger partial charge in [0.2, 0.25) is 0 Å². The molecule has 0 spiro atoms. The van der Waals surface area contributed by atoms with Crippen LogP contribution in [-0.2, 0) is 4.79 Å². The molecule has 132 valence electrons. The van der Waals surface area contributed by atoms with Crippen molar-refractivity contribution in [1.29, 1.82) is 0 Å². The summed E-state index contributed by atoms with van der Waals surface area (Å²) in [4.78, 5) is 25.5. The minimum absolute atomic E-state index is 0.140. The van der Waals surface area contributed by atoms with Gasteiger partial charge in [-0.1, -0.05) is 0 Å². The number of halogens is 1. The van der Waals surface area contributed by atoms with Gasteiger partial charge in [0.15, 0.2) is 6.61 Å². The molecule has 2 heterocycles. The van der Waals surface area contributed by atoms with Crippen LogP contribution in [0.2, 0.25) is 0 Å². The number of rotatable bonds is 5. The first kappa shape index (κ1) is 16.9. The van der Waals surface area contributed by atoms with E-state index in [1.807, 2.05) is 0 Å². The molecule has 0 radical (unpaired) electrons. The zero-order valence-electron chi connectivity index (χ0n) is 13.6. The summed E-state index contributed by atoms with van der Waals surface area (Å²) in [5, 5.41) is 6.68. The van der Waals surface area contributed by atoms with Gasteiger partial charge in [-0.3, -0.25) is 14.7 Å². The summed E-state index contributed by atoms with van der Waals surface area (Å²) < 4.78 is 18.3. The van der Waals surface area contributed by atoms with Crippen molar-refractivity contribution in [2.75, 3.05) is 13.2 Å². The van der Waals surface area contributed by atoms with Gasteiger partial charge in [-0.05, 0) is 49.6 Å².